The molecule has 0 saturated carbocycles. The van der Waals surface area contributed by atoms with E-state index in [4.69, 9.17) is 4.74 Å². The zero-order chi connectivity index (χ0) is 21.8. The van der Waals surface area contributed by atoms with Gasteiger partial charge in [0.1, 0.15) is 0 Å². The molecule has 0 atom stereocenters. The van der Waals surface area contributed by atoms with Crippen LogP contribution in [0.15, 0.2) is 77.8 Å². The number of aryl methyl sites for hydroxylation is 1. The average molecular weight is 431 g/mol. The Morgan fingerprint density at radius 3 is 2.32 bits per heavy atom. The first-order chi connectivity index (χ1) is 15.1. The fraction of sp³-hybridized carbons (Fsp3) is 0.160. The lowest BCUT2D eigenvalue weighted by Gasteiger charge is -2.04. The number of hydrogen-bond donors (Lipinski definition) is 0. The molecule has 156 valence electrons. The van der Waals surface area contributed by atoms with Crippen molar-refractivity contribution < 1.29 is 14.3 Å². The molecule has 1 aromatic heterocycles. The number of rotatable bonds is 6. The van der Waals surface area contributed by atoms with E-state index < -0.39 is 0 Å². The Kier molecular flexibility index (Phi) is 6.21. The summed E-state index contributed by atoms with van der Waals surface area (Å²) >= 11 is 1.48. The molecule has 0 aliphatic rings. The lowest BCUT2D eigenvalue weighted by atomic mass is 10.0. The molecule has 0 saturated heterocycles. The maximum atomic E-state index is 12.8. The summed E-state index contributed by atoms with van der Waals surface area (Å²) in [6.07, 6.45) is 0. The van der Waals surface area contributed by atoms with Gasteiger partial charge in [-0.3, -0.25) is 9.59 Å². The van der Waals surface area contributed by atoms with Gasteiger partial charge in [-0.1, -0.05) is 59.9 Å². The Morgan fingerprint density at radius 2 is 1.61 bits per heavy atom. The van der Waals surface area contributed by atoms with E-state index in [-0.39, 0.29) is 11.7 Å². The van der Waals surface area contributed by atoms with Crippen molar-refractivity contribution in [2.45, 2.75) is 13.5 Å². The summed E-state index contributed by atoms with van der Waals surface area (Å²) in [6, 6.07) is 21.9. The predicted molar refractivity (Wildman–Crippen MR) is 123 cm³/mol. The van der Waals surface area contributed by atoms with Crippen LogP contribution in [0, 0.1) is 6.92 Å². The Balaban J connectivity index is 1.65. The Bertz CT molecular complexity index is 1300. The molecule has 1 amide bonds. The zero-order valence-electron chi connectivity index (χ0n) is 17.4. The molecule has 31 heavy (non-hydrogen) atoms. The number of aromatic nitrogens is 1. The summed E-state index contributed by atoms with van der Waals surface area (Å²) in [6.45, 7) is 3.17. The lowest BCUT2D eigenvalue weighted by Crippen LogP contribution is -2.19. The number of ether oxygens (including phenoxy) is 1. The fourth-order valence-corrected chi connectivity index (χ4v) is 4.49. The van der Waals surface area contributed by atoms with Crippen LogP contribution in [-0.2, 0) is 11.3 Å². The number of nitrogens with zero attached hydrogens (tertiary/aromatic N) is 2. The van der Waals surface area contributed by atoms with Gasteiger partial charge in [0.25, 0.3) is 5.91 Å². The molecule has 5 nitrogen and oxygen atoms in total. The zero-order valence-corrected chi connectivity index (χ0v) is 18.2. The first-order valence-corrected chi connectivity index (χ1v) is 10.8. The van der Waals surface area contributed by atoms with Crippen LogP contribution in [0.4, 0.5) is 0 Å². The summed E-state index contributed by atoms with van der Waals surface area (Å²) in [5.41, 5.74) is 3.78. The summed E-state index contributed by atoms with van der Waals surface area (Å²) < 4.78 is 8.31. The topological polar surface area (TPSA) is 60.7 Å². The second-order valence-electron chi connectivity index (χ2n) is 7.19. The van der Waals surface area contributed by atoms with E-state index >= 15 is 0 Å². The van der Waals surface area contributed by atoms with Crippen molar-refractivity contribution in [1.29, 1.82) is 0 Å². The molecule has 0 bridgehead atoms. The van der Waals surface area contributed by atoms with Crippen molar-refractivity contribution >= 4 is 33.2 Å². The van der Waals surface area contributed by atoms with Crippen molar-refractivity contribution in [1.82, 2.24) is 4.57 Å². The van der Waals surface area contributed by atoms with Crippen molar-refractivity contribution in [3.8, 4) is 0 Å². The van der Waals surface area contributed by atoms with Crippen molar-refractivity contribution in [2.75, 3.05) is 13.7 Å². The van der Waals surface area contributed by atoms with Gasteiger partial charge in [-0.25, -0.2) is 0 Å². The maximum absolute atomic E-state index is 12.8. The maximum Gasteiger partial charge on any atom is 0.279 e. The molecular weight excluding hydrogens is 408 g/mol. The van der Waals surface area contributed by atoms with Gasteiger partial charge in [0.05, 0.1) is 16.8 Å². The van der Waals surface area contributed by atoms with Gasteiger partial charge >= 0.3 is 0 Å². The number of fused-ring (bicyclic) bond motifs is 1. The molecule has 0 radical (unpaired) electrons. The van der Waals surface area contributed by atoms with Crippen LogP contribution in [0.5, 0.6) is 0 Å². The SMILES string of the molecule is COCCn1c(=NC(=O)c2ccc(C(=O)c3ccccc3)cc2)sc2cc(C)ccc21. The van der Waals surface area contributed by atoms with Crippen molar-refractivity contribution in [3.05, 3.63) is 99.9 Å². The van der Waals surface area contributed by atoms with E-state index in [1.807, 2.05) is 41.8 Å². The number of amides is 1. The molecule has 4 rings (SSSR count). The monoisotopic (exact) mass is 430 g/mol. The number of carbonyl (C=O) groups excluding carboxylic acids is 2. The highest BCUT2D eigenvalue weighted by molar-refractivity contribution is 7.16. The van der Waals surface area contributed by atoms with Gasteiger partial charge in [0.15, 0.2) is 10.6 Å². The molecule has 0 aliphatic heterocycles. The minimum absolute atomic E-state index is 0.0752. The standard InChI is InChI=1S/C25H22N2O3S/c1-17-8-13-21-22(16-17)31-25(27(21)14-15-30-2)26-24(29)20-11-9-19(10-12-20)23(28)18-6-4-3-5-7-18/h3-13,16H,14-15H2,1-2H3. The molecule has 3 aromatic carbocycles. The Hall–Kier alpha value is -3.35. The first-order valence-electron chi connectivity index (χ1n) is 9.94. The molecule has 0 fully saturated rings. The van der Waals surface area contributed by atoms with Crippen LogP contribution < -0.4 is 4.80 Å². The van der Waals surface area contributed by atoms with E-state index in [0.717, 1.165) is 15.8 Å². The van der Waals surface area contributed by atoms with Gasteiger partial charge in [0.2, 0.25) is 0 Å². The molecule has 1 heterocycles. The number of carbonyl (C=O) groups is 2. The first kappa shape index (κ1) is 20.9. The number of ketones is 1. The molecule has 0 unspecified atom stereocenters. The number of benzene rings is 3. The van der Waals surface area contributed by atoms with Crippen LogP contribution in [-0.4, -0.2) is 30.0 Å². The fourth-order valence-electron chi connectivity index (χ4n) is 3.34. The van der Waals surface area contributed by atoms with E-state index in [1.54, 1.807) is 43.5 Å². The third-order valence-corrected chi connectivity index (χ3v) is 6.03. The third-order valence-electron chi connectivity index (χ3n) is 4.98. The molecule has 4 aromatic rings. The van der Waals surface area contributed by atoms with Crippen LogP contribution >= 0.6 is 11.3 Å². The van der Waals surface area contributed by atoms with Crippen LogP contribution in [0.25, 0.3) is 10.2 Å². The second kappa shape index (κ2) is 9.20. The van der Waals surface area contributed by atoms with Crippen LogP contribution in [0.1, 0.15) is 31.8 Å². The van der Waals surface area contributed by atoms with Gasteiger partial charge in [-0.2, -0.15) is 4.99 Å². The van der Waals surface area contributed by atoms with Crippen molar-refractivity contribution in [2.24, 2.45) is 4.99 Å². The van der Waals surface area contributed by atoms with E-state index in [0.29, 0.717) is 34.6 Å². The Morgan fingerprint density at radius 1 is 0.935 bits per heavy atom. The number of methoxy groups -OCH3 is 1. The van der Waals surface area contributed by atoms with E-state index in [1.165, 1.54) is 11.3 Å². The highest BCUT2D eigenvalue weighted by atomic mass is 32.1. The smallest absolute Gasteiger partial charge is 0.279 e. The lowest BCUT2D eigenvalue weighted by molar-refractivity contribution is 0.0994. The van der Waals surface area contributed by atoms with Crippen molar-refractivity contribution in [3.63, 3.8) is 0 Å². The largest absolute Gasteiger partial charge is 0.383 e. The molecular formula is C25H22N2O3S. The van der Waals surface area contributed by atoms with Gasteiger partial charge in [-0.05, 0) is 36.8 Å². The highest BCUT2D eigenvalue weighted by Gasteiger charge is 2.12. The summed E-state index contributed by atoms with van der Waals surface area (Å²) in [4.78, 5) is 30.4. The van der Waals surface area contributed by atoms with Gasteiger partial charge < -0.3 is 9.30 Å². The summed E-state index contributed by atoms with van der Waals surface area (Å²) in [5, 5.41) is 0. The molecule has 0 spiro atoms. The highest BCUT2D eigenvalue weighted by Crippen LogP contribution is 2.19. The minimum atomic E-state index is -0.340. The molecule has 0 N–H and O–H groups in total. The summed E-state index contributed by atoms with van der Waals surface area (Å²) in [5.74, 6) is -0.415. The molecule has 6 heteroatoms. The van der Waals surface area contributed by atoms with Crippen LogP contribution in [0.3, 0.4) is 0 Å². The van der Waals surface area contributed by atoms with Gasteiger partial charge in [-0.15, -0.1) is 0 Å². The quantitative estimate of drug-likeness (QED) is 0.419. The summed E-state index contributed by atoms with van der Waals surface area (Å²) in [7, 11) is 1.65. The molecule has 0 aliphatic carbocycles. The number of thiazole rings is 1. The third kappa shape index (κ3) is 4.55. The average Bonchev–Trinajstić information content (AvgIpc) is 3.13. The van der Waals surface area contributed by atoms with E-state index in [2.05, 4.69) is 11.1 Å². The predicted octanol–water partition coefficient (Wildman–Crippen LogP) is 4.63. The van der Waals surface area contributed by atoms with Crippen LogP contribution in [0.2, 0.25) is 0 Å². The Labute approximate surface area is 184 Å². The normalized spacial score (nSPS) is 11.7. The second-order valence-corrected chi connectivity index (χ2v) is 8.20. The number of hydrogen-bond acceptors (Lipinski definition) is 4. The van der Waals surface area contributed by atoms with Gasteiger partial charge in [0, 0.05) is 30.3 Å². The van der Waals surface area contributed by atoms with E-state index in [9.17, 15) is 9.59 Å². The minimum Gasteiger partial charge on any atom is -0.383 e.